The van der Waals surface area contributed by atoms with Crippen LogP contribution in [0.5, 0.6) is 5.75 Å². The second-order valence-corrected chi connectivity index (χ2v) is 6.29. The second kappa shape index (κ2) is 9.73. The molecule has 1 aromatic heterocycles. The lowest BCUT2D eigenvalue weighted by Gasteiger charge is -2.35. The number of hydrogen-bond acceptors (Lipinski definition) is 2. The fourth-order valence-electron chi connectivity index (χ4n) is 2.92. The van der Waals surface area contributed by atoms with Crippen LogP contribution in [-0.2, 0) is 13.2 Å². The van der Waals surface area contributed by atoms with Crippen LogP contribution in [0.15, 0.2) is 36.4 Å². The topological polar surface area (TPSA) is 22.1 Å². The van der Waals surface area contributed by atoms with E-state index in [4.69, 9.17) is 9.72 Å². The summed E-state index contributed by atoms with van der Waals surface area (Å²) in [6.45, 7) is 13.0. The molecule has 0 spiro atoms. The van der Waals surface area contributed by atoms with E-state index in [0.717, 1.165) is 47.6 Å². The standard InChI is InChI=1S/C20H28FN2O.ClH/c1-5-23(6-2,7-3)14-17-9-8-10-18(22-17)15-24-20-12-11-16(4)13-19(20)21;/h8-13H,5-7,14-15H2,1-4H3;1H/q+1;/p-1. The number of ether oxygens (including phenoxy) is 1. The normalized spacial score (nSPS) is 11.1. The van der Waals surface area contributed by atoms with Crippen molar-refractivity contribution in [3.63, 3.8) is 0 Å². The van der Waals surface area contributed by atoms with E-state index in [0.29, 0.717) is 0 Å². The first-order valence-electron chi connectivity index (χ1n) is 8.70. The molecule has 0 saturated heterocycles. The molecular weight excluding hydrogens is 339 g/mol. The molecule has 25 heavy (non-hydrogen) atoms. The lowest BCUT2D eigenvalue weighted by molar-refractivity contribution is -0.936. The molecule has 0 aliphatic carbocycles. The van der Waals surface area contributed by atoms with Crippen molar-refractivity contribution in [1.29, 1.82) is 0 Å². The quantitative estimate of drug-likeness (QED) is 0.660. The smallest absolute Gasteiger partial charge is 0.165 e. The van der Waals surface area contributed by atoms with Crippen LogP contribution in [0, 0.1) is 12.7 Å². The number of benzene rings is 1. The van der Waals surface area contributed by atoms with Crippen LogP contribution in [0.2, 0.25) is 0 Å². The first-order chi connectivity index (χ1) is 11.5. The average Bonchev–Trinajstić information content (AvgIpc) is 2.59. The molecule has 0 amide bonds. The molecule has 0 aliphatic heterocycles. The fourth-order valence-corrected chi connectivity index (χ4v) is 2.92. The maximum atomic E-state index is 13.8. The maximum absolute atomic E-state index is 13.8. The van der Waals surface area contributed by atoms with Gasteiger partial charge in [-0.3, -0.25) is 0 Å². The third-order valence-corrected chi connectivity index (χ3v) is 4.84. The van der Waals surface area contributed by atoms with E-state index in [1.807, 2.05) is 25.1 Å². The van der Waals surface area contributed by atoms with Crippen molar-refractivity contribution in [2.24, 2.45) is 0 Å². The van der Waals surface area contributed by atoms with E-state index in [9.17, 15) is 4.39 Å². The zero-order valence-corrected chi connectivity index (χ0v) is 16.3. The molecule has 1 aromatic carbocycles. The van der Waals surface area contributed by atoms with Gasteiger partial charge in [-0.2, -0.15) is 0 Å². The number of nitrogens with zero attached hydrogens (tertiary/aromatic N) is 2. The van der Waals surface area contributed by atoms with E-state index in [2.05, 4.69) is 26.8 Å². The molecule has 0 saturated carbocycles. The minimum absolute atomic E-state index is 0. The Balaban J connectivity index is 0.00000312. The Bertz CT molecular complexity index is 666. The lowest BCUT2D eigenvalue weighted by Crippen LogP contribution is -3.00. The van der Waals surface area contributed by atoms with Gasteiger partial charge in [0, 0.05) is 0 Å². The molecule has 0 atom stereocenters. The summed E-state index contributed by atoms with van der Waals surface area (Å²) in [5.74, 6) is -0.0570. The maximum Gasteiger partial charge on any atom is 0.165 e. The molecule has 2 aromatic rings. The van der Waals surface area contributed by atoms with Gasteiger partial charge in [0.05, 0.1) is 31.0 Å². The number of pyridine rings is 1. The third-order valence-electron chi connectivity index (χ3n) is 4.84. The number of halogens is 2. The Kier molecular flexibility index (Phi) is 8.33. The summed E-state index contributed by atoms with van der Waals surface area (Å²) >= 11 is 0. The van der Waals surface area contributed by atoms with Crippen molar-refractivity contribution in [3.05, 3.63) is 59.2 Å². The van der Waals surface area contributed by atoms with Crippen LogP contribution in [0.4, 0.5) is 4.39 Å². The number of quaternary nitrogens is 1. The van der Waals surface area contributed by atoms with Gasteiger partial charge in [0.25, 0.3) is 0 Å². The number of rotatable bonds is 8. The summed E-state index contributed by atoms with van der Waals surface area (Å²) in [4.78, 5) is 4.70. The van der Waals surface area contributed by atoms with Gasteiger partial charge in [0.2, 0.25) is 0 Å². The summed E-state index contributed by atoms with van der Waals surface area (Å²) in [6, 6.07) is 11.0. The van der Waals surface area contributed by atoms with Crippen molar-refractivity contribution in [1.82, 2.24) is 4.98 Å². The number of aryl methyl sites for hydroxylation is 1. The van der Waals surface area contributed by atoms with Crippen LogP contribution in [0.1, 0.15) is 37.7 Å². The molecule has 0 aliphatic rings. The van der Waals surface area contributed by atoms with Gasteiger partial charge in [0.15, 0.2) is 11.6 Å². The fraction of sp³-hybridized carbons (Fsp3) is 0.450. The van der Waals surface area contributed by atoms with E-state index in [1.54, 1.807) is 6.07 Å². The molecule has 138 valence electrons. The zero-order chi connectivity index (χ0) is 17.6. The minimum atomic E-state index is -0.329. The van der Waals surface area contributed by atoms with Crippen molar-refractivity contribution >= 4 is 0 Å². The van der Waals surface area contributed by atoms with Gasteiger partial charge in [-0.25, -0.2) is 9.37 Å². The van der Waals surface area contributed by atoms with Crippen LogP contribution in [-0.4, -0.2) is 29.1 Å². The van der Waals surface area contributed by atoms with Gasteiger partial charge >= 0.3 is 0 Å². The predicted molar refractivity (Wildman–Crippen MR) is 95.3 cm³/mol. The molecule has 2 rings (SSSR count). The van der Waals surface area contributed by atoms with Crippen LogP contribution in [0.25, 0.3) is 0 Å². The summed E-state index contributed by atoms with van der Waals surface area (Å²) in [6.07, 6.45) is 0. The first-order valence-corrected chi connectivity index (χ1v) is 8.70. The Hall–Kier alpha value is -1.65. The predicted octanol–water partition coefficient (Wildman–Crippen LogP) is 1.49. The summed E-state index contributed by atoms with van der Waals surface area (Å²) in [5.41, 5.74) is 2.77. The summed E-state index contributed by atoms with van der Waals surface area (Å²) < 4.78 is 20.5. The molecule has 5 heteroatoms. The van der Waals surface area contributed by atoms with E-state index < -0.39 is 0 Å². The Labute approximate surface area is 156 Å². The molecule has 0 fully saturated rings. The molecular formula is C20H28ClFN2O. The SMILES string of the molecule is CC[N+](CC)(CC)Cc1cccc(COc2ccc(C)cc2F)n1.[Cl-]. The highest BCUT2D eigenvalue weighted by Gasteiger charge is 2.22. The lowest BCUT2D eigenvalue weighted by atomic mass is 10.2. The Morgan fingerprint density at radius 3 is 2.24 bits per heavy atom. The minimum Gasteiger partial charge on any atom is -1.00 e. The van der Waals surface area contributed by atoms with Gasteiger partial charge < -0.3 is 21.6 Å². The molecule has 0 radical (unpaired) electrons. The van der Waals surface area contributed by atoms with Crippen molar-refractivity contribution in [2.75, 3.05) is 19.6 Å². The van der Waals surface area contributed by atoms with Gasteiger partial charge in [-0.15, -0.1) is 0 Å². The molecule has 0 N–H and O–H groups in total. The molecule has 3 nitrogen and oxygen atoms in total. The molecule has 0 bridgehead atoms. The Morgan fingerprint density at radius 1 is 1.00 bits per heavy atom. The largest absolute Gasteiger partial charge is 1.00 e. The average molecular weight is 367 g/mol. The van der Waals surface area contributed by atoms with Crippen molar-refractivity contribution < 1.29 is 26.0 Å². The zero-order valence-electron chi connectivity index (χ0n) is 15.6. The van der Waals surface area contributed by atoms with Gasteiger partial charge in [0.1, 0.15) is 13.2 Å². The van der Waals surface area contributed by atoms with Gasteiger partial charge in [-0.1, -0.05) is 12.1 Å². The third kappa shape index (κ3) is 5.68. The molecule has 0 unspecified atom stereocenters. The molecule has 1 heterocycles. The highest BCUT2D eigenvalue weighted by molar-refractivity contribution is 5.28. The summed E-state index contributed by atoms with van der Waals surface area (Å²) in [5, 5.41) is 0. The number of aromatic nitrogens is 1. The monoisotopic (exact) mass is 366 g/mol. The van der Waals surface area contributed by atoms with E-state index in [-0.39, 0.29) is 30.6 Å². The van der Waals surface area contributed by atoms with Crippen LogP contribution >= 0.6 is 0 Å². The van der Waals surface area contributed by atoms with Crippen LogP contribution < -0.4 is 17.1 Å². The number of hydrogen-bond donors (Lipinski definition) is 0. The summed E-state index contributed by atoms with van der Waals surface area (Å²) in [7, 11) is 0. The Morgan fingerprint density at radius 2 is 1.64 bits per heavy atom. The van der Waals surface area contributed by atoms with Crippen LogP contribution in [0.3, 0.4) is 0 Å². The first kappa shape index (κ1) is 21.4. The highest BCUT2D eigenvalue weighted by atomic mass is 35.5. The van der Waals surface area contributed by atoms with E-state index >= 15 is 0 Å². The van der Waals surface area contributed by atoms with Crippen molar-refractivity contribution in [3.8, 4) is 5.75 Å². The highest BCUT2D eigenvalue weighted by Crippen LogP contribution is 2.19. The van der Waals surface area contributed by atoms with E-state index in [1.165, 1.54) is 6.07 Å². The van der Waals surface area contributed by atoms with Crippen molar-refractivity contribution in [2.45, 2.75) is 40.8 Å². The second-order valence-electron chi connectivity index (χ2n) is 6.29. The van der Waals surface area contributed by atoms with Gasteiger partial charge in [-0.05, 0) is 57.5 Å².